The summed E-state index contributed by atoms with van der Waals surface area (Å²) < 4.78 is 4.61. The molecule has 18 heavy (non-hydrogen) atoms. The molecule has 1 fully saturated rings. The number of methoxy groups -OCH3 is 1. The normalized spacial score (nSPS) is 23.8. The van der Waals surface area contributed by atoms with Crippen LogP contribution >= 0.6 is 0 Å². The Morgan fingerprint density at radius 3 is 2.44 bits per heavy atom. The van der Waals surface area contributed by atoms with Crippen molar-refractivity contribution in [3.8, 4) is 0 Å². The van der Waals surface area contributed by atoms with Crippen LogP contribution in [-0.4, -0.2) is 35.1 Å². The van der Waals surface area contributed by atoms with Crippen molar-refractivity contribution in [1.82, 2.24) is 9.97 Å². The molecule has 2 unspecified atom stereocenters. The molecule has 2 atom stereocenters. The summed E-state index contributed by atoms with van der Waals surface area (Å²) in [5, 5.41) is 0. The molecule has 0 aromatic carbocycles. The van der Waals surface area contributed by atoms with E-state index in [1.165, 1.54) is 32.6 Å². The van der Waals surface area contributed by atoms with Crippen LogP contribution in [0.5, 0.6) is 0 Å². The molecule has 1 aliphatic heterocycles. The first-order valence-electron chi connectivity index (χ1n) is 6.32. The van der Waals surface area contributed by atoms with E-state index in [1.807, 2.05) is 0 Å². The summed E-state index contributed by atoms with van der Waals surface area (Å²) in [6.07, 6.45) is 6.74. The number of piperidine rings is 1. The third-order valence-corrected chi connectivity index (χ3v) is 3.49. The van der Waals surface area contributed by atoms with Gasteiger partial charge in [-0.1, -0.05) is 0 Å². The van der Waals surface area contributed by atoms with Crippen LogP contribution in [0, 0.1) is 0 Å². The fourth-order valence-electron chi connectivity index (χ4n) is 2.54. The zero-order chi connectivity index (χ0) is 13.1. The maximum Gasteiger partial charge on any atom is 0.358 e. The number of aromatic nitrogens is 2. The van der Waals surface area contributed by atoms with Crippen molar-refractivity contribution in [2.24, 2.45) is 0 Å². The van der Waals surface area contributed by atoms with Gasteiger partial charge in [0.15, 0.2) is 5.69 Å². The predicted octanol–water partition coefficient (Wildman–Crippen LogP) is 2.03. The van der Waals surface area contributed by atoms with E-state index >= 15 is 0 Å². The molecule has 2 rings (SSSR count). The fraction of sp³-hybridized carbons (Fsp3) is 0.615. The van der Waals surface area contributed by atoms with Gasteiger partial charge in [0.05, 0.1) is 19.5 Å². The molecule has 0 N–H and O–H groups in total. The monoisotopic (exact) mass is 249 g/mol. The zero-order valence-corrected chi connectivity index (χ0v) is 11.1. The van der Waals surface area contributed by atoms with Crippen molar-refractivity contribution < 1.29 is 9.53 Å². The molecule has 0 saturated carbocycles. The summed E-state index contributed by atoms with van der Waals surface area (Å²) in [6.45, 7) is 4.40. The van der Waals surface area contributed by atoms with Gasteiger partial charge in [0, 0.05) is 12.1 Å². The minimum atomic E-state index is -0.450. The van der Waals surface area contributed by atoms with Crippen LogP contribution in [0.3, 0.4) is 0 Å². The van der Waals surface area contributed by atoms with Crippen molar-refractivity contribution in [2.45, 2.75) is 45.2 Å². The van der Waals surface area contributed by atoms with Crippen LogP contribution in [0.2, 0.25) is 0 Å². The first-order chi connectivity index (χ1) is 8.63. The number of hydrogen-bond donors (Lipinski definition) is 0. The molecule has 0 bridgehead atoms. The first-order valence-corrected chi connectivity index (χ1v) is 6.32. The summed E-state index contributed by atoms with van der Waals surface area (Å²) in [7, 11) is 1.34. The molecule has 1 aromatic rings. The molecule has 0 radical (unpaired) electrons. The minimum absolute atomic E-state index is 0.249. The van der Waals surface area contributed by atoms with Gasteiger partial charge in [-0.25, -0.2) is 14.8 Å². The Labute approximate surface area is 107 Å². The lowest BCUT2D eigenvalue weighted by atomic mass is 9.98. The van der Waals surface area contributed by atoms with E-state index in [1.54, 1.807) is 6.20 Å². The van der Waals surface area contributed by atoms with E-state index in [0.717, 1.165) is 5.82 Å². The average molecular weight is 249 g/mol. The van der Waals surface area contributed by atoms with E-state index in [2.05, 4.69) is 33.5 Å². The molecular weight excluding hydrogens is 230 g/mol. The lowest BCUT2D eigenvalue weighted by Gasteiger charge is -2.39. The highest BCUT2D eigenvalue weighted by Gasteiger charge is 2.26. The quantitative estimate of drug-likeness (QED) is 0.751. The van der Waals surface area contributed by atoms with Crippen molar-refractivity contribution in [2.75, 3.05) is 12.0 Å². The minimum Gasteiger partial charge on any atom is -0.464 e. The molecule has 2 heterocycles. The van der Waals surface area contributed by atoms with Crippen molar-refractivity contribution in [1.29, 1.82) is 0 Å². The summed E-state index contributed by atoms with van der Waals surface area (Å²) in [6, 6.07) is 0.930. The lowest BCUT2D eigenvalue weighted by molar-refractivity contribution is 0.0593. The Bertz CT molecular complexity index is 409. The molecule has 0 aliphatic carbocycles. The third-order valence-electron chi connectivity index (χ3n) is 3.49. The number of carbonyl (C=O) groups excluding carboxylic acids is 1. The second-order valence-corrected chi connectivity index (χ2v) is 4.79. The number of hydrogen-bond acceptors (Lipinski definition) is 5. The Balaban J connectivity index is 2.20. The smallest absolute Gasteiger partial charge is 0.358 e. The maximum absolute atomic E-state index is 11.3. The number of rotatable bonds is 2. The van der Waals surface area contributed by atoms with Crippen molar-refractivity contribution >= 4 is 11.8 Å². The van der Waals surface area contributed by atoms with Crippen LogP contribution in [0.25, 0.3) is 0 Å². The molecule has 5 nitrogen and oxygen atoms in total. The average Bonchev–Trinajstić information content (AvgIpc) is 2.38. The standard InChI is InChI=1S/C13H19N3O2/c1-9-5-4-6-10(2)16(9)12-8-14-11(7-15-12)13(17)18-3/h7-10H,4-6H2,1-3H3. The van der Waals surface area contributed by atoms with Crippen LogP contribution in [0.15, 0.2) is 12.4 Å². The molecule has 1 saturated heterocycles. The fourth-order valence-corrected chi connectivity index (χ4v) is 2.54. The van der Waals surface area contributed by atoms with E-state index in [4.69, 9.17) is 0 Å². The number of carbonyl (C=O) groups is 1. The van der Waals surface area contributed by atoms with Gasteiger partial charge in [0.1, 0.15) is 5.82 Å². The van der Waals surface area contributed by atoms with Crippen LogP contribution in [0.1, 0.15) is 43.6 Å². The van der Waals surface area contributed by atoms with Gasteiger partial charge in [-0.05, 0) is 33.1 Å². The topological polar surface area (TPSA) is 55.3 Å². The van der Waals surface area contributed by atoms with Crippen molar-refractivity contribution in [3.05, 3.63) is 18.1 Å². The van der Waals surface area contributed by atoms with Gasteiger partial charge in [-0.3, -0.25) is 0 Å². The Kier molecular flexibility index (Phi) is 3.79. The van der Waals surface area contributed by atoms with E-state index < -0.39 is 5.97 Å². The van der Waals surface area contributed by atoms with Gasteiger partial charge < -0.3 is 9.64 Å². The van der Waals surface area contributed by atoms with Gasteiger partial charge in [-0.15, -0.1) is 0 Å². The van der Waals surface area contributed by atoms with E-state index in [0.29, 0.717) is 12.1 Å². The second-order valence-electron chi connectivity index (χ2n) is 4.79. The Hall–Kier alpha value is -1.65. The Morgan fingerprint density at radius 2 is 1.94 bits per heavy atom. The zero-order valence-electron chi connectivity index (χ0n) is 11.1. The van der Waals surface area contributed by atoms with Gasteiger partial charge in [0.25, 0.3) is 0 Å². The predicted molar refractivity (Wildman–Crippen MR) is 68.6 cm³/mol. The van der Waals surface area contributed by atoms with Gasteiger partial charge >= 0.3 is 5.97 Å². The highest BCUT2D eigenvalue weighted by Crippen LogP contribution is 2.26. The molecule has 0 spiro atoms. The summed E-state index contributed by atoms with van der Waals surface area (Å²) in [5.41, 5.74) is 0.249. The summed E-state index contributed by atoms with van der Waals surface area (Å²) >= 11 is 0. The third kappa shape index (κ3) is 2.44. The summed E-state index contributed by atoms with van der Waals surface area (Å²) in [5.74, 6) is 0.385. The number of ether oxygens (including phenoxy) is 1. The number of esters is 1. The number of nitrogens with zero attached hydrogens (tertiary/aromatic N) is 3. The van der Waals surface area contributed by atoms with Crippen LogP contribution < -0.4 is 4.90 Å². The second kappa shape index (κ2) is 5.33. The summed E-state index contributed by atoms with van der Waals surface area (Å²) in [4.78, 5) is 22.0. The number of anilines is 1. The lowest BCUT2D eigenvalue weighted by Crippen LogP contribution is -2.44. The molecule has 0 amide bonds. The maximum atomic E-state index is 11.3. The van der Waals surface area contributed by atoms with Crippen LogP contribution in [0.4, 0.5) is 5.82 Å². The van der Waals surface area contributed by atoms with E-state index in [9.17, 15) is 4.79 Å². The molecule has 1 aromatic heterocycles. The molecule has 1 aliphatic rings. The molecule has 98 valence electrons. The van der Waals surface area contributed by atoms with Gasteiger partial charge in [0.2, 0.25) is 0 Å². The van der Waals surface area contributed by atoms with Crippen LogP contribution in [-0.2, 0) is 4.74 Å². The van der Waals surface area contributed by atoms with E-state index in [-0.39, 0.29) is 5.69 Å². The van der Waals surface area contributed by atoms with Gasteiger partial charge in [-0.2, -0.15) is 0 Å². The first kappa shape index (κ1) is 12.8. The SMILES string of the molecule is COC(=O)c1cnc(N2C(C)CCCC2C)cn1. The Morgan fingerprint density at radius 1 is 1.28 bits per heavy atom. The van der Waals surface area contributed by atoms with Crippen molar-refractivity contribution in [3.63, 3.8) is 0 Å². The highest BCUT2D eigenvalue weighted by molar-refractivity contribution is 5.86. The molecular formula is C13H19N3O2. The molecule has 5 heteroatoms. The largest absolute Gasteiger partial charge is 0.464 e. The highest BCUT2D eigenvalue weighted by atomic mass is 16.5.